The van der Waals surface area contributed by atoms with Gasteiger partial charge in [-0.15, -0.1) is 11.3 Å². The third kappa shape index (κ3) is 3.83. The minimum absolute atomic E-state index is 0.0665. The van der Waals surface area contributed by atoms with E-state index in [-0.39, 0.29) is 17.6 Å². The number of amides is 1. The van der Waals surface area contributed by atoms with Crippen LogP contribution in [0.1, 0.15) is 38.3 Å². The number of hydrogen-bond acceptors (Lipinski definition) is 4. The summed E-state index contributed by atoms with van der Waals surface area (Å²) in [6, 6.07) is 12.8. The molecule has 0 spiro atoms. The number of thiophene rings is 1. The quantitative estimate of drug-likeness (QED) is 0.596. The molecule has 1 aliphatic heterocycles. The predicted octanol–water partition coefficient (Wildman–Crippen LogP) is 5.55. The van der Waals surface area contributed by atoms with Gasteiger partial charge in [-0.3, -0.25) is 9.88 Å². The molecule has 5 heteroatoms. The van der Waals surface area contributed by atoms with Gasteiger partial charge in [0, 0.05) is 12.4 Å². The molecule has 140 valence electrons. The summed E-state index contributed by atoms with van der Waals surface area (Å²) in [7, 11) is 0. The Morgan fingerprint density at radius 1 is 1.22 bits per heavy atom. The van der Waals surface area contributed by atoms with Gasteiger partial charge < -0.3 is 4.74 Å². The molecule has 27 heavy (non-hydrogen) atoms. The highest BCUT2D eigenvalue weighted by Crippen LogP contribution is 2.34. The summed E-state index contributed by atoms with van der Waals surface area (Å²) in [4.78, 5) is 18.2. The molecule has 2 aromatic heterocycles. The first-order valence-corrected chi connectivity index (χ1v) is 10.1. The van der Waals surface area contributed by atoms with Gasteiger partial charge in [0.1, 0.15) is 11.1 Å². The van der Waals surface area contributed by atoms with E-state index in [1.807, 2.05) is 18.3 Å². The van der Waals surface area contributed by atoms with Gasteiger partial charge in [-0.1, -0.05) is 45.0 Å². The van der Waals surface area contributed by atoms with Crippen LogP contribution in [-0.4, -0.2) is 23.7 Å². The first-order valence-electron chi connectivity index (χ1n) is 9.31. The lowest BCUT2D eigenvalue weighted by atomic mass is 9.86. The van der Waals surface area contributed by atoms with E-state index in [1.54, 1.807) is 22.4 Å². The highest BCUT2D eigenvalue weighted by Gasteiger charge is 2.33. The zero-order chi connectivity index (χ0) is 19.0. The van der Waals surface area contributed by atoms with Crippen LogP contribution in [0.25, 0.3) is 10.1 Å². The Kier molecular flexibility index (Phi) is 4.64. The fourth-order valence-corrected chi connectivity index (χ4v) is 4.38. The largest absolute Gasteiger partial charge is 0.444 e. The molecule has 3 aromatic rings. The fraction of sp³-hybridized carbons (Fsp3) is 0.364. The second-order valence-electron chi connectivity index (χ2n) is 8.10. The summed E-state index contributed by atoms with van der Waals surface area (Å²) in [6.45, 7) is 7.27. The number of carbonyl (C=O) groups is 1. The normalized spacial score (nSPS) is 17.5. The number of ether oxygens (including phenoxy) is 1. The number of carbonyl (C=O) groups excluding carboxylic acids is 1. The van der Waals surface area contributed by atoms with Crippen molar-refractivity contribution in [2.45, 2.75) is 45.1 Å². The fourth-order valence-electron chi connectivity index (χ4n) is 3.35. The minimum atomic E-state index is -0.248. The van der Waals surface area contributed by atoms with Gasteiger partial charge in [-0.2, -0.15) is 0 Å². The SMILES string of the molecule is CC(C)(C)c1ccc(CC[C@@H]2CN(c3cc4ccncc4s3)C(=O)O2)cc1. The molecular formula is C22H24N2O2S. The summed E-state index contributed by atoms with van der Waals surface area (Å²) < 4.78 is 6.69. The number of cyclic esters (lactones) is 1. The highest BCUT2D eigenvalue weighted by molar-refractivity contribution is 7.23. The van der Waals surface area contributed by atoms with Crippen molar-refractivity contribution in [1.82, 2.24) is 4.98 Å². The molecule has 1 aliphatic rings. The molecule has 1 amide bonds. The van der Waals surface area contributed by atoms with Crippen molar-refractivity contribution in [1.29, 1.82) is 0 Å². The average molecular weight is 381 g/mol. The van der Waals surface area contributed by atoms with Gasteiger partial charge in [0.2, 0.25) is 0 Å². The van der Waals surface area contributed by atoms with Crippen molar-refractivity contribution in [3.05, 3.63) is 59.9 Å². The minimum Gasteiger partial charge on any atom is -0.444 e. The Hall–Kier alpha value is -2.40. The third-order valence-electron chi connectivity index (χ3n) is 5.03. The maximum Gasteiger partial charge on any atom is 0.415 e. The maximum absolute atomic E-state index is 12.3. The van der Waals surface area contributed by atoms with Crippen LogP contribution in [0.3, 0.4) is 0 Å². The van der Waals surface area contributed by atoms with E-state index >= 15 is 0 Å². The number of pyridine rings is 1. The molecule has 0 N–H and O–H groups in total. The Morgan fingerprint density at radius 3 is 2.70 bits per heavy atom. The molecule has 3 heterocycles. The van der Waals surface area contributed by atoms with E-state index in [0.717, 1.165) is 27.9 Å². The van der Waals surface area contributed by atoms with Crippen molar-refractivity contribution in [2.24, 2.45) is 0 Å². The van der Waals surface area contributed by atoms with Crippen LogP contribution in [0, 0.1) is 0 Å². The molecule has 0 saturated carbocycles. The second-order valence-corrected chi connectivity index (χ2v) is 9.16. The number of benzene rings is 1. The van der Waals surface area contributed by atoms with Crippen LogP contribution in [0.15, 0.2) is 48.8 Å². The average Bonchev–Trinajstić information content (AvgIpc) is 3.22. The van der Waals surface area contributed by atoms with Crippen molar-refractivity contribution in [3.8, 4) is 0 Å². The van der Waals surface area contributed by atoms with Gasteiger partial charge in [0.05, 0.1) is 11.2 Å². The maximum atomic E-state index is 12.3. The molecule has 1 aromatic carbocycles. The number of aromatic nitrogens is 1. The Morgan fingerprint density at radius 2 is 2.00 bits per heavy atom. The zero-order valence-corrected chi connectivity index (χ0v) is 16.8. The molecule has 0 radical (unpaired) electrons. The number of nitrogens with zero attached hydrogens (tertiary/aromatic N) is 2. The Bertz CT molecular complexity index is 923. The van der Waals surface area contributed by atoms with Crippen molar-refractivity contribution >= 4 is 32.5 Å². The number of rotatable bonds is 4. The van der Waals surface area contributed by atoms with E-state index in [9.17, 15) is 4.79 Å². The summed E-state index contributed by atoms with van der Waals surface area (Å²) >= 11 is 1.58. The van der Waals surface area contributed by atoms with E-state index in [4.69, 9.17) is 4.74 Å². The van der Waals surface area contributed by atoms with Crippen LogP contribution in [0.4, 0.5) is 9.80 Å². The van der Waals surface area contributed by atoms with Crippen molar-refractivity contribution in [3.63, 3.8) is 0 Å². The summed E-state index contributed by atoms with van der Waals surface area (Å²) in [5.41, 5.74) is 2.79. The summed E-state index contributed by atoms with van der Waals surface area (Å²) in [6.07, 6.45) is 5.04. The summed E-state index contributed by atoms with van der Waals surface area (Å²) in [5.74, 6) is 0. The van der Waals surface area contributed by atoms with Gasteiger partial charge in [-0.05, 0) is 46.9 Å². The smallest absolute Gasteiger partial charge is 0.415 e. The van der Waals surface area contributed by atoms with Crippen molar-refractivity contribution in [2.75, 3.05) is 11.4 Å². The molecule has 0 aliphatic carbocycles. The monoisotopic (exact) mass is 380 g/mol. The van der Waals surface area contributed by atoms with Crippen LogP contribution in [0.5, 0.6) is 0 Å². The van der Waals surface area contributed by atoms with E-state index in [0.29, 0.717) is 6.54 Å². The van der Waals surface area contributed by atoms with Crippen molar-refractivity contribution < 1.29 is 9.53 Å². The zero-order valence-electron chi connectivity index (χ0n) is 15.9. The number of anilines is 1. The molecule has 4 nitrogen and oxygen atoms in total. The van der Waals surface area contributed by atoms with E-state index in [1.165, 1.54) is 11.1 Å². The standard InChI is InChI=1S/C22H24N2O2S/c1-22(2,3)17-7-4-15(5-8-17)6-9-18-14-24(21(25)26-18)20-12-16-10-11-23-13-19(16)27-20/h4-5,7-8,10-13,18H,6,9,14H2,1-3H3/t18-/m1/s1. The van der Waals surface area contributed by atoms with Crippen LogP contribution >= 0.6 is 11.3 Å². The lowest BCUT2D eigenvalue weighted by Crippen LogP contribution is -2.23. The van der Waals surface area contributed by atoms with Gasteiger partial charge in [0.25, 0.3) is 0 Å². The van der Waals surface area contributed by atoms with Gasteiger partial charge in [0.15, 0.2) is 0 Å². The summed E-state index contributed by atoms with van der Waals surface area (Å²) in [5, 5.41) is 2.04. The molecular weight excluding hydrogens is 356 g/mol. The van der Waals surface area contributed by atoms with Crippen LogP contribution < -0.4 is 4.90 Å². The molecule has 1 atom stereocenters. The Labute approximate surface area is 163 Å². The first kappa shape index (κ1) is 18.0. The number of aryl methyl sites for hydroxylation is 1. The molecule has 0 bridgehead atoms. The van der Waals surface area contributed by atoms with E-state index < -0.39 is 0 Å². The highest BCUT2D eigenvalue weighted by atomic mass is 32.1. The first-order chi connectivity index (χ1) is 12.9. The third-order valence-corrected chi connectivity index (χ3v) is 6.13. The van der Waals surface area contributed by atoms with Gasteiger partial charge >= 0.3 is 6.09 Å². The van der Waals surface area contributed by atoms with Gasteiger partial charge in [-0.25, -0.2) is 4.79 Å². The lowest BCUT2D eigenvalue weighted by molar-refractivity contribution is 0.137. The second kappa shape index (κ2) is 6.97. The lowest BCUT2D eigenvalue weighted by Gasteiger charge is -2.19. The topological polar surface area (TPSA) is 42.4 Å². The molecule has 0 unspecified atom stereocenters. The number of hydrogen-bond donors (Lipinski definition) is 0. The number of fused-ring (bicyclic) bond motifs is 1. The van der Waals surface area contributed by atoms with Crippen LogP contribution in [-0.2, 0) is 16.6 Å². The molecule has 1 saturated heterocycles. The van der Waals surface area contributed by atoms with E-state index in [2.05, 4.69) is 50.0 Å². The molecule has 4 rings (SSSR count). The van der Waals surface area contributed by atoms with Crippen LogP contribution in [0.2, 0.25) is 0 Å². The predicted molar refractivity (Wildman–Crippen MR) is 111 cm³/mol. The molecule has 1 fully saturated rings. The Balaban J connectivity index is 1.39.